The van der Waals surface area contributed by atoms with Gasteiger partial charge in [0.25, 0.3) is 0 Å². The molecule has 0 radical (unpaired) electrons. The fourth-order valence-corrected chi connectivity index (χ4v) is 1.45. The summed E-state index contributed by atoms with van der Waals surface area (Å²) in [5, 5.41) is 3.01. The van der Waals surface area contributed by atoms with E-state index in [9.17, 15) is 4.79 Å². The van der Waals surface area contributed by atoms with Gasteiger partial charge >= 0.3 is 0 Å². The summed E-state index contributed by atoms with van der Waals surface area (Å²) in [6.45, 7) is 8.43. The Morgan fingerprint density at radius 2 is 1.87 bits per heavy atom. The molecule has 0 aromatic heterocycles. The highest BCUT2D eigenvalue weighted by molar-refractivity contribution is 5.83. The molecule has 0 aromatic carbocycles. The average Bonchev–Trinajstić information content (AvgIpc) is 1.98. The lowest BCUT2D eigenvalue weighted by Crippen LogP contribution is -2.56. The monoisotopic (exact) mass is 212 g/mol. The van der Waals surface area contributed by atoms with Gasteiger partial charge in [-0.3, -0.25) is 4.79 Å². The predicted octanol–water partition coefficient (Wildman–Crippen LogP) is 1.67. The van der Waals surface area contributed by atoms with Crippen molar-refractivity contribution in [2.24, 2.45) is 17.1 Å². The lowest BCUT2D eigenvalue weighted by Gasteiger charge is -2.37. The van der Waals surface area contributed by atoms with E-state index in [1.165, 1.54) is 19.3 Å². The van der Waals surface area contributed by atoms with Crippen LogP contribution < -0.4 is 11.1 Å². The number of rotatable bonds is 4. The predicted molar refractivity (Wildman–Crippen MR) is 62.4 cm³/mol. The molecule has 0 unspecified atom stereocenters. The molecule has 0 aromatic rings. The zero-order chi connectivity index (χ0) is 11.7. The maximum Gasteiger partial charge on any atom is 0.227 e. The molecule has 0 saturated heterocycles. The van der Waals surface area contributed by atoms with Crippen LogP contribution in [-0.4, -0.2) is 18.0 Å². The smallest absolute Gasteiger partial charge is 0.227 e. The van der Waals surface area contributed by atoms with Crippen molar-refractivity contribution in [1.82, 2.24) is 5.32 Å². The highest BCUT2D eigenvalue weighted by atomic mass is 16.2. The Labute approximate surface area is 92.8 Å². The average molecular weight is 212 g/mol. The number of amides is 1. The van der Waals surface area contributed by atoms with Gasteiger partial charge in [0.05, 0.1) is 5.41 Å². The van der Waals surface area contributed by atoms with E-state index in [0.29, 0.717) is 5.92 Å². The van der Waals surface area contributed by atoms with Crippen LogP contribution in [0.1, 0.15) is 47.0 Å². The molecule has 88 valence electrons. The van der Waals surface area contributed by atoms with Crippen LogP contribution in [0.2, 0.25) is 0 Å². The van der Waals surface area contributed by atoms with Crippen molar-refractivity contribution >= 4 is 5.91 Å². The van der Waals surface area contributed by atoms with Gasteiger partial charge in [-0.25, -0.2) is 0 Å². The lowest BCUT2D eigenvalue weighted by atomic mass is 9.74. The van der Waals surface area contributed by atoms with Crippen LogP contribution in [0.15, 0.2) is 0 Å². The van der Waals surface area contributed by atoms with E-state index in [-0.39, 0.29) is 5.91 Å². The molecule has 1 aliphatic carbocycles. The zero-order valence-corrected chi connectivity index (χ0v) is 10.4. The molecule has 0 aliphatic heterocycles. The van der Waals surface area contributed by atoms with Crippen molar-refractivity contribution in [2.75, 3.05) is 6.54 Å². The number of nitrogens with one attached hydrogen (secondary N) is 1. The van der Waals surface area contributed by atoms with Crippen molar-refractivity contribution in [2.45, 2.75) is 52.5 Å². The minimum Gasteiger partial charge on any atom is -0.355 e. The molecule has 0 bridgehead atoms. The molecule has 1 rings (SSSR count). The van der Waals surface area contributed by atoms with E-state index < -0.39 is 11.0 Å². The first-order chi connectivity index (χ1) is 6.75. The standard InChI is InChI=1S/C12H24N2O/c1-11(2,12(3,4)13)10(15)14-8-9-6-5-7-9/h9H,5-8,13H2,1-4H3,(H,14,15). The highest BCUT2D eigenvalue weighted by Gasteiger charge is 2.40. The Kier molecular flexibility index (Phi) is 3.44. The fraction of sp³-hybridized carbons (Fsp3) is 0.917. The summed E-state index contributed by atoms with van der Waals surface area (Å²) in [5.41, 5.74) is 5.00. The molecule has 3 N–H and O–H groups in total. The second-order valence-electron chi connectivity index (χ2n) is 5.85. The molecule has 0 spiro atoms. The summed E-state index contributed by atoms with van der Waals surface area (Å²) >= 11 is 0. The normalized spacial score (nSPS) is 18.5. The van der Waals surface area contributed by atoms with Crippen molar-refractivity contribution in [3.8, 4) is 0 Å². The topological polar surface area (TPSA) is 55.1 Å². The van der Waals surface area contributed by atoms with Gasteiger partial charge in [0.15, 0.2) is 0 Å². The largest absolute Gasteiger partial charge is 0.355 e. The lowest BCUT2D eigenvalue weighted by molar-refractivity contribution is -0.132. The van der Waals surface area contributed by atoms with Gasteiger partial charge in [-0.05, 0) is 46.5 Å². The summed E-state index contributed by atoms with van der Waals surface area (Å²) in [7, 11) is 0. The van der Waals surface area contributed by atoms with Crippen LogP contribution in [0.5, 0.6) is 0 Å². The Morgan fingerprint density at radius 3 is 2.20 bits per heavy atom. The second-order valence-corrected chi connectivity index (χ2v) is 5.85. The second kappa shape index (κ2) is 4.12. The number of hydrogen-bond donors (Lipinski definition) is 2. The first kappa shape index (κ1) is 12.5. The molecule has 3 nitrogen and oxygen atoms in total. The van der Waals surface area contributed by atoms with E-state index in [1.807, 2.05) is 27.7 Å². The summed E-state index contributed by atoms with van der Waals surface area (Å²) in [6, 6.07) is 0. The third-order valence-corrected chi connectivity index (χ3v) is 3.95. The van der Waals surface area contributed by atoms with Gasteiger partial charge < -0.3 is 11.1 Å². The summed E-state index contributed by atoms with van der Waals surface area (Å²) in [6.07, 6.45) is 3.83. The van der Waals surface area contributed by atoms with Gasteiger partial charge in [0.1, 0.15) is 0 Å². The maximum atomic E-state index is 12.0. The molecule has 1 aliphatic rings. The number of hydrogen-bond acceptors (Lipinski definition) is 2. The van der Waals surface area contributed by atoms with Crippen molar-refractivity contribution in [3.05, 3.63) is 0 Å². The molecule has 1 amide bonds. The number of nitrogens with two attached hydrogens (primary N) is 1. The van der Waals surface area contributed by atoms with Crippen LogP contribution in [-0.2, 0) is 4.79 Å². The van der Waals surface area contributed by atoms with Crippen molar-refractivity contribution < 1.29 is 4.79 Å². The first-order valence-corrected chi connectivity index (χ1v) is 5.82. The molecule has 0 atom stereocenters. The third-order valence-electron chi connectivity index (χ3n) is 3.95. The van der Waals surface area contributed by atoms with Crippen molar-refractivity contribution in [3.63, 3.8) is 0 Å². The minimum atomic E-state index is -0.517. The van der Waals surface area contributed by atoms with E-state index in [0.717, 1.165) is 6.54 Å². The molecule has 3 heteroatoms. The molecular formula is C12H24N2O. The Balaban J connectivity index is 2.44. The zero-order valence-electron chi connectivity index (χ0n) is 10.4. The van der Waals surface area contributed by atoms with Gasteiger partial charge in [-0.15, -0.1) is 0 Å². The van der Waals surface area contributed by atoms with E-state index in [1.54, 1.807) is 0 Å². The number of carbonyl (C=O) groups is 1. The first-order valence-electron chi connectivity index (χ1n) is 5.82. The molecule has 1 saturated carbocycles. The van der Waals surface area contributed by atoms with Gasteiger partial charge in [-0.2, -0.15) is 0 Å². The van der Waals surface area contributed by atoms with Gasteiger partial charge in [0.2, 0.25) is 5.91 Å². The molecule has 0 heterocycles. The van der Waals surface area contributed by atoms with Crippen LogP contribution in [0.4, 0.5) is 0 Å². The Morgan fingerprint density at radius 1 is 1.33 bits per heavy atom. The summed E-state index contributed by atoms with van der Waals surface area (Å²) in [4.78, 5) is 12.0. The fourth-order valence-electron chi connectivity index (χ4n) is 1.45. The van der Waals surface area contributed by atoms with Crippen LogP contribution in [0, 0.1) is 11.3 Å². The summed E-state index contributed by atoms with van der Waals surface area (Å²) < 4.78 is 0. The minimum absolute atomic E-state index is 0.0712. The van der Waals surface area contributed by atoms with E-state index in [2.05, 4.69) is 5.32 Å². The highest BCUT2D eigenvalue weighted by Crippen LogP contribution is 2.29. The van der Waals surface area contributed by atoms with Crippen LogP contribution >= 0.6 is 0 Å². The summed E-state index contributed by atoms with van der Waals surface area (Å²) in [5.74, 6) is 0.771. The maximum absolute atomic E-state index is 12.0. The molecule has 15 heavy (non-hydrogen) atoms. The third kappa shape index (κ3) is 2.71. The van der Waals surface area contributed by atoms with E-state index in [4.69, 9.17) is 5.73 Å². The van der Waals surface area contributed by atoms with Gasteiger partial charge in [0, 0.05) is 12.1 Å². The Hall–Kier alpha value is -0.570. The number of carbonyl (C=O) groups excluding carboxylic acids is 1. The van der Waals surface area contributed by atoms with E-state index >= 15 is 0 Å². The van der Waals surface area contributed by atoms with Crippen LogP contribution in [0.25, 0.3) is 0 Å². The van der Waals surface area contributed by atoms with Crippen molar-refractivity contribution in [1.29, 1.82) is 0 Å². The molecular weight excluding hydrogens is 188 g/mol. The molecule has 1 fully saturated rings. The quantitative estimate of drug-likeness (QED) is 0.744. The van der Waals surface area contributed by atoms with Crippen LogP contribution in [0.3, 0.4) is 0 Å². The van der Waals surface area contributed by atoms with Gasteiger partial charge in [-0.1, -0.05) is 6.42 Å². The Bertz CT molecular complexity index is 236. The SMILES string of the molecule is CC(C)(N)C(C)(C)C(=O)NCC1CCC1.